The van der Waals surface area contributed by atoms with Gasteiger partial charge in [0, 0.05) is 62.3 Å². The largest absolute Gasteiger partial charge is 0.378 e. The van der Waals surface area contributed by atoms with Gasteiger partial charge in [0.05, 0.1) is 12.3 Å². The molecule has 3 heterocycles. The molecular formula is C23H28F2N4O2. The van der Waals surface area contributed by atoms with Crippen molar-refractivity contribution in [2.75, 3.05) is 13.7 Å². The average Bonchev–Trinajstić information content (AvgIpc) is 2.76. The van der Waals surface area contributed by atoms with Crippen LogP contribution in [0.1, 0.15) is 55.5 Å². The van der Waals surface area contributed by atoms with Crippen LogP contribution in [0.25, 0.3) is 5.57 Å². The van der Waals surface area contributed by atoms with E-state index in [9.17, 15) is 13.6 Å². The zero-order chi connectivity index (χ0) is 22.8. The molecule has 0 bridgehead atoms. The van der Waals surface area contributed by atoms with Gasteiger partial charge in [0.25, 0.3) is 11.5 Å². The van der Waals surface area contributed by atoms with Crippen LogP contribution in [0.2, 0.25) is 0 Å². The first-order valence-electron chi connectivity index (χ1n) is 10.2. The number of alkyl halides is 2. The highest BCUT2D eigenvalue weighted by Gasteiger charge is 2.31. The molecule has 31 heavy (non-hydrogen) atoms. The van der Waals surface area contributed by atoms with Gasteiger partial charge in [-0.3, -0.25) is 9.78 Å². The molecule has 0 fully saturated rings. The lowest BCUT2D eigenvalue weighted by Crippen LogP contribution is -2.31. The van der Waals surface area contributed by atoms with Gasteiger partial charge >= 0.3 is 0 Å². The molecule has 0 atom stereocenters. The number of ether oxygens (including phenoxy) is 1. The van der Waals surface area contributed by atoms with Gasteiger partial charge in [-0.2, -0.15) is 0 Å². The molecule has 0 saturated heterocycles. The molecule has 2 aromatic heterocycles. The fourth-order valence-corrected chi connectivity index (χ4v) is 3.60. The molecule has 1 aliphatic rings. The first kappa shape index (κ1) is 22.8. The number of aromatic amines is 1. The highest BCUT2D eigenvalue weighted by Crippen LogP contribution is 2.33. The van der Waals surface area contributed by atoms with E-state index in [1.807, 2.05) is 18.7 Å². The minimum absolute atomic E-state index is 0.0543. The summed E-state index contributed by atoms with van der Waals surface area (Å²) in [6, 6.07) is 2.97. The second-order valence-electron chi connectivity index (χ2n) is 7.77. The van der Waals surface area contributed by atoms with Crippen molar-refractivity contribution in [3.05, 3.63) is 74.9 Å². The van der Waals surface area contributed by atoms with E-state index in [1.165, 1.54) is 19.2 Å². The average molecular weight is 430 g/mol. The SMILES string of the molecule is C=C(/C(C)=C(/C)c1nc(COC)cc(=O)[nH]1)N1CCc2ncc(C(F)(F)CC)cc2C1. The fourth-order valence-electron chi connectivity index (χ4n) is 3.60. The van der Waals surface area contributed by atoms with E-state index in [-0.39, 0.29) is 24.2 Å². The molecule has 0 radical (unpaired) electrons. The Bertz CT molecular complexity index is 1080. The van der Waals surface area contributed by atoms with E-state index in [0.29, 0.717) is 31.0 Å². The Hall–Kier alpha value is -2.87. The van der Waals surface area contributed by atoms with E-state index >= 15 is 0 Å². The molecule has 2 aromatic rings. The van der Waals surface area contributed by atoms with Crippen molar-refractivity contribution in [1.82, 2.24) is 19.9 Å². The predicted octanol–water partition coefficient (Wildman–Crippen LogP) is 4.18. The van der Waals surface area contributed by atoms with E-state index in [1.54, 1.807) is 13.2 Å². The number of aromatic nitrogens is 3. The van der Waals surface area contributed by atoms with Gasteiger partial charge in [0.1, 0.15) is 5.82 Å². The van der Waals surface area contributed by atoms with Gasteiger partial charge < -0.3 is 14.6 Å². The van der Waals surface area contributed by atoms with Crippen LogP contribution in [0.3, 0.4) is 0 Å². The van der Waals surface area contributed by atoms with Crippen LogP contribution in [-0.2, 0) is 30.2 Å². The van der Waals surface area contributed by atoms with E-state index in [4.69, 9.17) is 4.74 Å². The van der Waals surface area contributed by atoms with Crippen LogP contribution in [0.4, 0.5) is 8.78 Å². The van der Waals surface area contributed by atoms with Crippen LogP contribution < -0.4 is 5.56 Å². The summed E-state index contributed by atoms with van der Waals surface area (Å²) in [7, 11) is 1.54. The monoisotopic (exact) mass is 430 g/mol. The van der Waals surface area contributed by atoms with Gasteiger partial charge in [-0.15, -0.1) is 0 Å². The van der Waals surface area contributed by atoms with Crippen LogP contribution in [-0.4, -0.2) is 33.5 Å². The van der Waals surface area contributed by atoms with Gasteiger partial charge in [-0.25, -0.2) is 13.8 Å². The maximum Gasteiger partial charge on any atom is 0.274 e. The zero-order valence-electron chi connectivity index (χ0n) is 18.4. The standard InChI is InChI=1S/C23H28F2N4O2/c1-6-23(24,25)18-9-17-12-29(8-7-20(17)26-11-18)16(4)14(2)15(3)22-27-19(13-31-5)10-21(30)28-22/h9-11H,4,6-8,12-13H2,1-3,5H3,(H,27,28,30)/b15-14-. The Morgan fingerprint density at radius 1 is 1.35 bits per heavy atom. The summed E-state index contributed by atoms with van der Waals surface area (Å²) in [5, 5.41) is 0. The topological polar surface area (TPSA) is 71.1 Å². The van der Waals surface area contributed by atoms with Crippen LogP contribution in [0.15, 0.2) is 41.0 Å². The summed E-state index contributed by atoms with van der Waals surface area (Å²) in [6.45, 7) is 10.8. The molecule has 0 aliphatic carbocycles. The number of fused-ring (bicyclic) bond motifs is 1. The van der Waals surface area contributed by atoms with Gasteiger partial charge in [-0.05, 0) is 36.6 Å². The number of methoxy groups -OCH3 is 1. The first-order chi connectivity index (χ1) is 14.7. The van der Waals surface area contributed by atoms with Crippen LogP contribution >= 0.6 is 0 Å². The summed E-state index contributed by atoms with van der Waals surface area (Å²) in [5.41, 5.74) is 4.28. The van der Waals surface area contributed by atoms with Gasteiger partial charge in [0.15, 0.2) is 0 Å². The molecule has 1 N–H and O–H groups in total. The fraction of sp³-hybridized carbons (Fsp3) is 0.435. The number of H-pyrrole nitrogens is 1. The third-order valence-corrected chi connectivity index (χ3v) is 5.73. The molecule has 3 rings (SSSR count). The van der Waals surface area contributed by atoms with Gasteiger partial charge in [-0.1, -0.05) is 13.5 Å². The van der Waals surface area contributed by atoms with Gasteiger partial charge in [0.2, 0.25) is 0 Å². The second kappa shape index (κ2) is 9.09. The summed E-state index contributed by atoms with van der Waals surface area (Å²) < 4.78 is 33.3. The summed E-state index contributed by atoms with van der Waals surface area (Å²) in [6.07, 6.45) is 1.67. The molecule has 0 saturated carbocycles. The Morgan fingerprint density at radius 2 is 2.10 bits per heavy atom. The zero-order valence-corrected chi connectivity index (χ0v) is 18.4. The highest BCUT2D eigenvalue weighted by atomic mass is 19.3. The lowest BCUT2D eigenvalue weighted by molar-refractivity contribution is -0.00880. The Kier molecular flexibility index (Phi) is 6.69. The number of nitrogens with zero attached hydrogens (tertiary/aromatic N) is 3. The molecular weight excluding hydrogens is 402 g/mol. The molecule has 166 valence electrons. The smallest absolute Gasteiger partial charge is 0.274 e. The van der Waals surface area contributed by atoms with Crippen molar-refractivity contribution in [2.45, 2.75) is 52.7 Å². The van der Waals surface area contributed by atoms with E-state index < -0.39 is 5.92 Å². The minimum Gasteiger partial charge on any atom is -0.378 e. The van der Waals surface area contributed by atoms with Crippen molar-refractivity contribution in [2.24, 2.45) is 0 Å². The lowest BCUT2D eigenvalue weighted by atomic mass is 9.98. The predicted molar refractivity (Wildman–Crippen MR) is 116 cm³/mol. The Morgan fingerprint density at radius 3 is 2.77 bits per heavy atom. The summed E-state index contributed by atoms with van der Waals surface area (Å²) in [5.74, 6) is -2.43. The molecule has 8 heteroatoms. The van der Waals surface area contributed by atoms with E-state index in [2.05, 4.69) is 21.5 Å². The van der Waals surface area contributed by atoms with Crippen molar-refractivity contribution in [3.63, 3.8) is 0 Å². The third kappa shape index (κ3) is 4.90. The second-order valence-corrected chi connectivity index (χ2v) is 7.77. The molecule has 1 aliphatic heterocycles. The van der Waals surface area contributed by atoms with Crippen molar-refractivity contribution < 1.29 is 13.5 Å². The molecule has 0 unspecified atom stereocenters. The molecule has 0 aromatic carbocycles. The summed E-state index contributed by atoms with van der Waals surface area (Å²) >= 11 is 0. The molecule has 6 nitrogen and oxygen atoms in total. The van der Waals surface area contributed by atoms with Crippen molar-refractivity contribution in [3.8, 4) is 0 Å². The number of allylic oxidation sites excluding steroid dienone is 2. The van der Waals surface area contributed by atoms with Crippen LogP contribution in [0, 0.1) is 0 Å². The molecule has 0 amide bonds. The van der Waals surface area contributed by atoms with Crippen molar-refractivity contribution in [1.29, 1.82) is 0 Å². The number of rotatable bonds is 7. The number of hydrogen-bond donors (Lipinski definition) is 1. The maximum absolute atomic E-state index is 14.1. The number of halogens is 2. The maximum atomic E-state index is 14.1. The highest BCUT2D eigenvalue weighted by molar-refractivity contribution is 5.65. The molecule has 0 spiro atoms. The van der Waals surface area contributed by atoms with Crippen molar-refractivity contribution >= 4 is 5.57 Å². The van der Waals surface area contributed by atoms with E-state index in [0.717, 1.165) is 28.1 Å². The lowest BCUT2D eigenvalue weighted by Gasteiger charge is -2.33. The quantitative estimate of drug-likeness (QED) is 0.668. The third-order valence-electron chi connectivity index (χ3n) is 5.73. The summed E-state index contributed by atoms with van der Waals surface area (Å²) in [4.78, 5) is 25.5. The Balaban J connectivity index is 1.87. The Labute approximate surface area is 180 Å². The number of pyridine rings is 1. The number of hydrogen-bond acceptors (Lipinski definition) is 5. The minimum atomic E-state index is -2.89. The first-order valence-corrected chi connectivity index (χ1v) is 10.2. The van der Waals surface area contributed by atoms with Crippen LogP contribution in [0.5, 0.6) is 0 Å². The normalized spacial score (nSPS) is 14.8. The number of nitrogens with one attached hydrogen (secondary N) is 1.